The molecule has 0 radical (unpaired) electrons. The van der Waals surface area contributed by atoms with Gasteiger partial charge in [-0.2, -0.15) is 33.2 Å². The van der Waals surface area contributed by atoms with E-state index >= 15 is 0 Å². The summed E-state index contributed by atoms with van der Waals surface area (Å²) in [6.07, 6.45) is -2.37. The number of rotatable bonds is 6. The number of halogens is 4. The van der Waals surface area contributed by atoms with Crippen molar-refractivity contribution < 1.29 is 17.6 Å². The van der Waals surface area contributed by atoms with Gasteiger partial charge in [0.1, 0.15) is 5.82 Å². The number of nitrogens with one attached hydrogen (secondary N) is 3. The SMILES string of the molecule is Nc1nc(NCc2ccc(C(F)(F)F)cc2F)nc(Nc2cc(C3CC3)[nH]n2)n1. The molecule has 152 valence electrons. The van der Waals surface area contributed by atoms with E-state index in [2.05, 4.69) is 35.8 Å². The van der Waals surface area contributed by atoms with Crippen LogP contribution in [0, 0.1) is 5.82 Å². The van der Waals surface area contributed by atoms with Gasteiger partial charge in [-0.05, 0) is 25.0 Å². The van der Waals surface area contributed by atoms with Gasteiger partial charge in [-0.25, -0.2) is 4.39 Å². The second-order valence-electron chi connectivity index (χ2n) is 6.61. The summed E-state index contributed by atoms with van der Waals surface area (Å²) in [5.74, 6) is 0.0984. The first-order valence-corrected chi connectivity index (χ1v) is 8.71. The highest BCUT2D eigenvalue weighted by Crippen LogP contribution is 2.39. The number of nitrogens with two attached hydrogens (primary N) is 1. The van der Waals surface area contributed by atoms with Crippen molar-refractivity contribution in [2.75, 3.05) is 16.4 Å². The van der Waals surface area contributed by atoms with Crippen molar-refractivity contribution in [3.63, 3.8) is 0 Å². The van der Waals surface area contributed by atoms with E-state index in [0.29, 0.717) is 17.8 Å². The zero-order valence-electron chi connectivity index (χ0n) is 14.9. The highest BCUT2D eigenvalue weighted by molar-refractivity contribution is 5.51. The minimum Gasteiger partial charge on any atom is -0.368 e. The number of aromatic amines is 1. The van der Waals surface area contributed by atoms with E-state index in [9.17, 15) is 17.6 Å². The van der Waals surface area contributed by atoms with Gasteiger partial charge in [0, 0.05) is 29.8 Å². The molecule has 0 aliphatic heterocycles. The zero-order chi connectivity index (χ0) is 20.6. The second-order valence-corrected chi connectivity index (χ2v) is 6.61. The molecule has 1 aliphatic rings. The van der Waals surface area contributed by atoms with Crippen LogP contribution in [0.4, 0.5) is 41.2 Å². The topological polar surface area (TPSA) is 117 Å². The van der Waals surface area contributed by atoms with Crippen molar-refractivity contribution in [3.05, 3.63) is 46.9 Å². The van der Waals surface area contributed by atoms with Gasteiger partial charge < -0.3 is 16.4 Å². The van der Waals surface area contributed by atoms with Crippen molar-refractivity contribution in [2.24, 2.45) is 0 Å². The molecule has 0 amide bonds. The van der Waals surface area contributed by atoms with E-state index in [0.717, 1.165) is 30.7 Å². The Labute approximate surface area is 162 Å². The molecule has 0 unspecified atom stereocenters. The Hall–Kier alpha value is -3.44. The van der Waals surface area contributed by atoms with Crippen LogP contribution < -0.4 is 16.4 Å². The Balaban J connectivity index is 1.45. The van der Waals surface area contributed by atoms with Gasteiger partial charge in [-0.15, -0.1) is 0 Å². The average Bonchev–Trinajstić information content (AvgIpc) is 3.39. The molecule has 4 rings (SSSR count). The number of hydrogen-bond acceptors (Lipinski definition) is 7. The third-order valence-electron chi connectivity index (χ3n) is 4.32. The Bertz CT molecular complexity index is 1030. The third kappa shape index (κ3) is 4.52. The number of benzene rings is 1. The average molecular weight is 408 g/mol. The summed E-state index contributed by atoms with van der Waals surface area (Å²) in [7, 11) is 0. The summed E-state index contributed by atoms with van der Waals surface area (Å²) >= 11 is 0. The minimum absolute atomic E-state index is 0.0212. The monoisotopic (exact) mass is 408 g/mol. The minimum atomic E-state index is -4.61. The quantitative estimate of drug-likeness (QED) is 0.461. The van der Waals surface area contributed by atoms with Crippen molar-refractivity contribution in [1.29, 1.82) is 0 Å². The normalized spacial score (nSPS) is 14.1. The van der Waals surface area contributed by atoms with Crippen LogP contribution in [-0.4, -0.2) is 25.1 Å². The van der Waals surface area contributed by atoms with Gasteiger partial charge in [-0.1, -0.05) is 6.07 Å². The molecule has 0 atom stereocenters. The molecule has 1 aliphatic carbocycles. The van der Waals surface area contributed by atoms with Crippen LogP contribution in [0.15, 0.2) is 24.3 Å². The van der Waals surface area contributed by atoms with Gasteiger partial charge in [0.15, 0.2) is 5.82 Å². The first kappa shape index (κ1) is 18.9. The predicted octanol–water partition coefficient (Wildman–Crippen LogP) is 3.57. The van der Waals surface area contributed by atoms with Crippen molar-refractivity contribution >= 4 is 23.7 Å². The van der Waals surface area contributed by atoms with E-state index in [1.807, 2.05) is 6.07 Å². The molecule has 8 nitrogen and oxygen atoms in total. The molecule has 1 aromatic carbocycles. The lowest BCUT2D eigenvalue weighted by Crippen LogP contribution is -2.11. The van der Waals surface area contributed by atoms with Gasteiger partial charge in [0.05, 0.1) is 5.56 Å². The lowest BCUT2D eigenvalue weighted by molar-refractivity contribution is -0.137. The summed E-state index contributed by atoms with van der Waals surface area (Å²) in [6.45, 7) is -0.138. The van der Waals surface area contributed by atoms with Crippen LogP contribution in [0.2, 0.25) is 0 Å². The summed E-state index contributed by atoms with van der Waals surface area (Å²) in [5, 5.41) is 12.7. The molecule has 1 fully saturated rings. The largest absolute Gasteiger partial charge is 0.416 e. The predicted molar refractivity (Wildman–Crippen MR) is 96.8 cm³/mol. The molecular weight excluding hydrogens is 392 g/mol. The van der Waals surface area contributed by atoms with E-state index in [1.54, 1.807) is 0 Å². The Morgan fingerprint density at radius 2 is 1.86 bits per heavy atom. The zero-order valence-corrected chi connectivity index (χ0v) is 14.9. The fourth-order valence-corrected chi connectivity index (χ4v) is 2.69. The molecular formula is C17H16F4N8. The highest BCUT2D eigenvalue weighted by Gasteiger charge is 2.31. The van der Waals surface area contributed by atoms with Crippen molar-refractivity contribution in [3.8, 4) is 0 Å². The first-order valence-electron chi connectivity index (χ1n) is 8.71. The standard InChI is InChI=1S/C17H16F4N8/c18-11-5-10(17(19,20)21)4-3-9(11)7-23-15-25-14(22)26-16(27-15)24-13-6-12(28-29-13)8-1-2-8/h3-6,8H,1-2,7H2,(H5,22,23,24,25,26,27,28,29). The summed E-state index contributed by atoms with van der Waals surface area (Å²) in [4.78, 5) is 12.0. The maximum atomic E-state index is 14.0. The van der Waals surface area contributed by atoms with E-state index < -0.39 is 17.6 Å². The maximum absolute atomic E-state index is 14.0. The smallest absolute Gasteiger partial charge is 0.368 e. The number of anilines is 4. The van der Waals surface area contributed by atoms with E-state index in [1.165, 1.54) is 0 Å². The van der Waals surface area contributed by atoms with Crippen LogP contribution in [0.25, 0.3) is 0 Å². The maximum Gasteiger partial charge on any atom is 0.416 e. The lowest BCUT2D eigenvalue weighted by Gasteiger charge is -2.10. The molecule has 0 bridgehead atoms. The Kier molecular flexibility index (Phi) is 4.68. The van der Waals surface area contributed by atoms with Gasteiger partial charge >= 0.3 is 6.18 Å². The van der Waals surface area contributed by atoms with Crippen LogP contribution in [0.5, 0.6) is 0 Å². The molecule has 5 N–H and O–H groups in total. The van der Waals surface area contributed by atoms with Crippen LogP contribution in [-0.2, 0) is 12.7 Å². The Morgan fingerprint density at radius 1 is 1.10 bits per heavy atom. The molecule has 12 heteroatoms. The summed E-state index contributed by atoms with van der Waals surface area (Å²) < 4.78 is 51.8. The molecule has 29 heavy (non-hydrogen) atoms. The number of nitrogens with zero attached hydrogens (tertiary/aromatic N) is 4. The first-order chi connectivity index (χ1) is 13.8. The molecule has 2 heterocycles. The summed E-state index contributed by atoms with van der Waals surface area (Å²) in [5.41, 5.74) is 5.66. The van der Waals surface area contributed by atoms with E-state index in [-0.39, 0.29) is 30.0 Å². The second kappa shape index (κ2) is 7.18. The van der Waals surface area contributed by atoms with Crippen LogP contribution in [0.1, 0.15) is 35.6 Å². The van der Waals surface area contributed by atoms with Gasteiger partial charge in [0.2, 0.25) is 17.8 Å². The third-order valence-corrected chi connectivity index (χ3v) is 4.32. The Morgan fingerprint density at radius 3 is 2.55 bits per heavy atom. The fraction of sp³-hybridized carbons (Fsp3) is 0.294. The molecule has 3 aromatic rings. The number of H-pyrrole nitrogens is 1. The van der Waals surface area contributed by atoms with E-state index in [4.69, 9.17) is 5.73 Å². The van der Waals surface area contributed by atoms with Crippen molar-refractivity contribution in [1.82, 2.24) is 25.1 Å². The number of aromatic nitrogens is 5. The summed E-state index contributed by atoms with van der Waals surface area (Å²) in [6, 6.07) is 4.16. The van der Waals surface area contributed by atoms with Gasteiger partial charge in [0.25, 0.3) is 0 Å². The molecule has 0 saturated heterocycles. The van der Waals surface area contributed by atoms with Crippen LogP contribution in [0.3, 0.4) is 0 Å². The van der Waals surface area contributed by atoms with Crippen LogP contribution >= 0.6 is 0 Å². The molecule has 1 saturated carbocycles. The lowest BCUT2D eigenvalue weighted by atomic mass is 10.1. The number of hydrogen-bond donors (Lipinski definition) is 4. The van der Waals surface area contributed by atoms with Gasteiger partial charge in [-0.3, -0.25) is 5.10 Å². The fourth-order valence-electron chi connectivity index (χ4n) is 2.69. The number of nitrogen functional groups attached to an aromatic ring is 1. The highest BCUT2D eigenvalue weighted by atomic mass is 19.4. The molecule has 2 aromatic heterocycles. The van der Waals surface area contributed by atoms with Crippen molar-refractivity contribution in [2.45, 2.75) is 31.5 Å². The number of alkyl halides is 3. The molecule has 0 spiro atoms.